The molecule has 6 rings (SSSR count). The first-order valence-corrected chi connectivity index (χ1v) is 16.4. The number of nitrogens with zero attached hydrogens (tertiary/aromatic N) is 5. The van der Waals surface area contributed by atoms with E-state index in [9.17, 15) is 20.0 Å². The Bertz CT molecular complexity index is 2000. The molecule has 3 heterocycles. The molecule has 2 atom stereocenters. The molecule has 0 spiro atoms. The summed E-state index contributed by atoms with van der Waals surface area (Å²) in [6.45, 7) is 6.98. The number of allylic oxidation sites excluding steroid dienone is 2. The molecular weight excluding hydrogens is 644 g/mol. The van der Waals surface area contributed by atoms with Gasteiger partial charge in [0.2, 0.25) is 11.8 Å². The summed E-state index contributed by atoms with van der Waals surface area (Å²) >= 11 is 7.22. The number of halogens is 1. The van der Waals surface area contributed by atoms with Crippen molar-refractivity contribution in [3.8, 4) is 17.5 Å². The van der Waals surface area contributed by atoms with Crippen LogP contribution < -0.4 is 5.32 Å². The maximum Gasteiger partial charge on any atom is 0.270 e. The number of amides is 2. The number of oxazole rings is 1. The molecule has 2 aromatic carbocycles. The highest BCUT2D eigenvalue weighted by Gasteiger charge is 2.38. The number of alkyl halides is 1. The molecule has 1 aliphatic carbocycles. The van der Waals surface area contributed by atoms with Crippen molar-refractivity contribution in [2.24, 2.45) is 0 Å². The summed E-state index contributed by atoms with van der Waals surface area (Å²) in [5.74, 6) is 0.0514. The SMILES string of the molecule is COCc1cc(C(=O)NC2C=CC=C(c3cccc(-c4nc5cc(CN6CCN(C(C)=O)CC6)cc(C#N)c5o4)c3)C2(C)Cl)ncc1CO. The monoisotopic (exact) mass is 680 g/mol. The number of aliphatic hydroxyl groups is 1. The third-order valence-corrected chi connectivity index (χ3v) is 9.50. The van der Waals surface area contributed by atoms with Crippen LogP contribution in [0.5, 0.6) is 0 Å². The van der Waals surface area contributed by atoms with Crippen LogP contribution >= 0.6 is 11.6 Å². The van der Waals surface area contributed by atoms with E-state index in [1.54, 1.807) is 20.1 Å². The summed E-state index contributed by atoms with van der Waals surface area (Å²) in [5.41, 5.74) is 6.15. The first-order valence-electron chi connectivity index (χ1n) is 16.0. The van der Waals surface area contributed by atoms with E-state index in [0.717, 1.165) is 29.8 Å². The molecule has 12 heteroatoms. The lowest BCUT2D eigenvalue weighted by Gasteiger charge is -2.35. The van der Waals surface area contributed by atoms with Crippen molar-refractivity contribution in [2.45, 2.75) is 44.5 Å². The van der Waals surface area contributed by atoms with Crippen LogP contribution in [0.3, 0.4) is 0 Å². The van der Waals surface area contributed by atoms with Crippen molar-refractivity contribution >= 4 is 40.1 Å². The number of piperazine rings is 1. The van der Waals surface area contributed by atoms with E-state index in [-0.39, 0.29) is 24.8 Å². The van der Waals surface area contributed by atoms with E-state index >= 15 is 0 Å². The summed E-state index contributed by atoms with van der Waals surface area (Å²) in [7, 11) is 1.54. The highest BCUT2D eigenvalue weighted by molar-refractivity contribution is 6.31. The first kappa shape index (κ1) is 34.0. The smallest absolute Gasteiger partial charge is 0.270 e. The molecule has 252 valence electrons. The van der Waals surface area contributed by atoms with Crippen molar-refractivity contribution in [3.05, 3.63) is 100 Å². The van der Waals surface area contributed by atoms with Gasteiger partial charge in [-0.15, -0.1) is 11.6 Å². The quantitative estimate of drug-likeness (QED) is 0.238. The number of rotatable bonds is 9. The zero-order chi connectivity index (χ0) is 34.7. The molecule has 2 N–H and O–H groups in total. The van der Waals surface area contributed by atoms with Gasteiger partial charge in [0.1, 0.15) is 17.3 Å². The van der Waals surface area contributed by atoms with E-state index in [2.05, 4.69) is 21.3 Å². The second kappa shape index (κ2) is 14.3. The Labute approximate surface area is 289 Å². The summed E-state index contributed by atoms with van der Waals surface area (Å²) in [4.78, 5) is 37.1. The molecule has 0 saturated carbocycles. The van der Waals surface area contributed by atoms with Crippen LogP contribution in [0.25, 0.3) is 28.1 Å². The molecule has 1 fully saturated rings. The van der Waals surface area contributed by atoms with Crippen LogP contribution in [0.2, 0.25) is 0 Å². The zero-order valence-corrected chi connectivity index (χ0v) is 28.3. The van der Waals surface area contributed by atoms with E-state index in [4.69, 9.17) is 25.7 Å². The van der Waals surface area contributed by atoms with Crippen molar-refractivity contribution in [3.63, 3.8) is 0 Å². The van der Waals surface area contributed by atoms with Crippen molar-refractivity contribution < 1.29 is 23.8 Å². The molecule has 49 heavy (non-hydrogen) atoms. The molecule has 0 radical (unpaired) electrons. The molecular formula is C37H37ClN6O5. The lowest BCUT2D eigenvalue weighted by Crippen LogP contribution is -2.48. The lowest BCUT2D eigenvalue weighted by atomic mass is 9.83. The number of hydrogen-bond acceptors (Lipinski definition) is 9. The first-order chi connectivity index (χ1) is 23.6. The average Bonchev–Trinajstić information content (AvgIpc) is 3.53. The van der Waals surface area contributed by atoms with Crippen LogP contribution in [0.1, 0.15) is 52.2 Å². The number of benzene rings is 2. The van der Waals surface area contributed by atoms with Gasteiger partial charge in [-0.25, -0.2) is 4.98 Å². The number of aliphatic hydroxyl groups excluding tert-OH is 1. The minimum Gasteiger partial charge on any atom is -0.435 e. The molecule has 2 amide bonds. The fourth-order valence-electron chi connectivity index (χ4n) is 6.32. The Balaban J connectivity index is 1.22. The summed E-state index contributed by atoms with van der Waals surface area (Å²) < 4.78 is 11.4. The minimum absolute atomic E-state index is 0.0849. The van der Waals surface area contributed by atoms with E-state index in [1.165, 1.54) is 6.20 Å². The molecule has 2 aliphatic rings. The molecule has 1 saturated heterocycles. The number of carbonyl (C=O) groups is 2. The number of nitriles is 1. The fraction of sp³-hybridized carbons (Fsp3) is 0.324. The molecule has 2 aromatic heterocycles. The van der Waals surface area contributed by atoms with Gasteiger partial charge in [0.15, 0.2) is 5.58 Å². The van der Waals surface area contributed by atoms with Gasteiger partial charge in [0.05, 0.1) is 29.7 Å². The van der Waals surface area contributed by atoms with Gasteiger partial charge in [0.25, 0.3) is 5.91 Å². The summed E-state index contributed by atoms with van der Waals surface area (Å²) in [6, 6.07) is 14.7. The van der Waals surface area contributed by atoms with E-state index < -0.39 is 16.8 Å². The largest absolute Gasteiger partial charge is 0.435 e. The van der Waals surface area contributed by atoms with Gasteiger partial charge < -0.3 is 24.5 Å². The lowest BCUT2D eigenvalue weighted by molar-refractivity contribution is -0.130. The van der Waals surface area contributed by atoms with Gasteiger partial charge in [-0.05, 0) is 59.5 Å². The fourth-order valence-corrected chi connectivity index (χ4v) is 6.62. The molecule has 1 aliphatic heterocycles. The predicted molar refractivity (Wildman–Crippen MR) is 185 cm³/mol. The van der Waals surface area contributed by atoms with Crippen molar-refractivity contribution in [1.82, 2.24) is 25.1 Å². The second-order valence-corrected chi connectivity index (χ2v) is 13.2. The van der Waals surface area contributed by atoms with E-state index in [1.807, 2.05) is 66.4 Å². The van der Waals surface area contributed by atoms with Gasteiger partial charge in [0, 0.05) is 64.1 Å². The zero-order valence-electron chi connectivity index (χ0n) is 27.6. The maximum absolute atomic E-state index is 13.3. The Morgan fingerprint density at radius 1 is 1.16 bits per heavy atom. The molecule has 0 bridgehead atoms. The molecule has 4 aromatic rings. The Kier molecular flexibility index (Phi) is 9.94. The van der Waals surface area contributed by atoms with Crippen LogP contribution in [0.15, 0.2) is 71.3 Å². The van der Waals surface area contributed by atoms with Gasteiger partial charge in [-0.2, -0.15) is 5.26 Å². The highest BCUT2D eigenvalue weighted by atomic mass is 35.5. The number of methoxy groups -OCH3 is 1. The summed E-state index contributed by atoms with van der Waals surface area (Å²) in [6.07, 6.45) is 7.08. The van der Waals surface area contributed by atoms with Crippen LogP contribution in [0, 0.1) is 11.3 Å². The third kappa shape index (κ3) is 7.14. The Morgan fingerprint density at radius 3 is 2.65 bits per heavy atom. The van der Waals surface area contributed by atoms with Crippen LogP contribution in [-0.2, 0) is 29.3 Å². The topological polar surface area (TPSA) is 145 Å². The second-order valence-electron chi connectivity index (χ2n) is 12.4. The normalized spacial score (nSPS) is 19.5. The minimum atomic E-state index is -1.02. The van der Waals surface area contributed by atoms with Gasteiger partial charge in [-0.3, -0.25) is 19.5 Å². The van der Waals surface area contributed by atoms with Crippen molar-refractivity contribution in [1.29, 1.82) is 5.26 Å². The van der Waals surface area contributed by atoms with Crippen LogP contribution in [0.4, 0.5) is 0 Å². The van der Waals surface area contributed by atoms with E-state index in [0.29, 0.717) is 58.9 Å². The number of ether oxygens (including phenoxy) is 1. The van der Waals surface area contributed by atoms with Crippen LogP contribution in [-0.4, -0.2) is 80.9 Å². The maximum atomic E-state index is 13.3. The standard InChI is InChI=1S/C37H37ClN6O5/c1-23(46)44-12-10-43(11-13-44)20-24-14-27(18-39)34-31(15-24)41-36(49-34)26-7-4-6-25(16-26)30-8-5-9-33(37(30,2)38)42-35(47)32-17-28(22-48-3)29(21-45)19-40-32/h4-9,14-17,19,33,45H,10-13,20-22H2,1-3H3,(H,42,47). The number of nitrogens with one attached hydrogen (secondary N) is 1. The molecule has 11 nitrogen and oxygen atoms in total. The number of pyridine rings is 1. The predicted octanol–water partition coefficient (Wildman–Crippen LogP) is 4.81. The Hall–Kier alpha value is -4.86. The Morgan fingerprint density at radius 2 is 1.94 bits per heavy atom. The average molecular weight is 681 g/mol. The van der Waals surface area contributed by atoms with Gasteiger partial charge >= 0.3 is 0 Å². The number of fused-ring (bicyclic) bond motifs is 1. The molecule has 2 unspecified atom stereocenters. The number of carbonyl (C=O) groups excluding carboxylic acids is 2. The van der Waals surface area contributed by atoms with Gasteiger partial charge in [-0.1, -0.05) is 30.4 Å². The number of hydrogen-bond donors (Lipinski definition) is 2. The summed E-state index contributed by atoms with van der Waals surface area (Å²) in [5, 5.41) is 22.6. The number of aromatic nitrogens is 2. The highest BCUT2D eigenvalue weighted by Crippen LogP contribution is 2.40. The third-order valence-electron chi connectivity index (χ3n) is 9.06. The van der Waals surface area contributed by atoms with Crippen molar-refractivity contribution in [2.75, 3.05) is 33.3 Å².